The average molecular weight is 222 g/mol. The van der Waals surface area contributed by atoms with Gasteiger partial charge in [0, 0.05) is 32.4 Å². The first-order chi connectivity index (χ1) is 7.63. The number of nitrogens with zero attached hydrogens (tertiary/aromatic N) is 2. The smallest absolute Gasteiger partial charge is 0.0589 e. The highest BCUT2D eigenvalue weighted by Gasteiger charge is 2.10. The monoisotopic (exact) mass is 222 g/mol. The summed E-state index contributed by atoms with van der Waals surface area (Å²) < 4.78 is 5.12. The normalized spacial score (nSPS) is 11.4. The molecule has 0 spiro atoms. The van der Waals surface area contributed by atoms with E-state index in [0.29, 0.717) is 6.04 Å². The van der Waals surface area contributed by atoms with Crippen molar-refractivity contribution in [2.75, 3.05) is 20.3 Å². The van der Waals surface area contributed by atoms with Crippen LogP contribution in [0.5, 0.6) is 0 Å². The number of aromatic nitrogens is 1. The molecule has 0 fully saturated rings. The quantitative estimate of drug-likeness (QED) is 0.738. The minimum absolute atomic E-state index is 0.512. The summed E-state index contributed by atoms with van der Waals surface area (Å²) >= 11 is 0. The second-order valence-electron chi connectivity index (χ2n) is 4.38. The molecule has 0 amide bonds. The molecular formula is C13H22N2O. The number of aryl methyl sites for hydroxylation is 1. The van der Waals surface area contributed by atoms with E-state index in [0.717, 1.165) is 25.4 Å². The Morgan fingerprint density at radius 1 is 1.38 bits per heavy atom. The van der Waals surface area contributed by atoms with Gasteiger partial charge in [0.1, 0.15) is 0 Å². The lowest BCUT2D eigenvalue weighted by molar-refractivity contribution is 0.124. The summed E-state index contributed by atoms with van der Waals surface area (Å²) in [5.41, 5.74) is 2.33. The largest absolute Gasteiger partial charge is 0.383 e. The van der Waals surface area contributed by atoms with Gasteiger partial charge in [-0.2, -0.15) is 0 Å². The molecule has 0 saturated carbocycles. The molecule has 0 aliphatic heterocycles. The number of pyridine rings is 1. The molecule has 0 atom stereocenters. The van der Waals surface area contributed by atoms with Gasteiger partial charge in [0.2, 0.25) is 0 Å². The molecule has 3 nitrogen and oxygen atoms in total. The zero-order valence-corrected chi connectivity index (χ0v) is 10.7. The summed E-state index contributed by atoms with van der Waals surface area (Å²) in [5.74, 6) is 0. The number of methoxy groups -OCH3 is 1. The second-order valence-corrected chi connectivity index (χ2v) is 4.38. The molecule has 0 aliphatic rings. The topological polar surface area (TPSA) is 25.4 Å². The van der Waals surface area contributed by atoms with Crippen LogP contribution in [0.3, 0.4) is 0 Å². The summed E-state index contributed by atoms with van der Waals surface area (Å²) in [7, 11) is 1.74. The van der Waals surface area contributed by atoms with Crippen LogP contribution in [-0.2, 0) is 11.3 Å². The first-order valence-electron chi connectivity index (χ1n) is 5.78. The number of rotatable bonds is 6. The number of ether oxygens (including phenoxy) is 1. The Labute approximate surface area is 98.4 Å². The van der Waals surface area contributed by atoms with E-state index in [2.05, 4.69) is 42.8 Å². The van der Waals surface area contributed by atoms with Crippen molar-refractivity contribution in [2.45, 2.75) is 33.4 Å². The van der Waals surface area contributed by atoms with E-state index in [1.807, 2.05) is 6.20 Å². The van der Waals surface area contributed by atoms with E-state index in [1.165, 1.54) is 5.56 Å². The van der Waals surface area contributed by atoms with Gasteiger partial charge in [-0.05, 0) is 32.4 Å². The van der Waals surface area contributed by atoms with E-state index in [9.17, 15) is 0 Å². The van der Waals surface area contributed by atoms with Crippen LogP contribution < -0.4 is 0 Å². The third kappa shape index (κ3) is 4.29. The molecule has 0 aromatic carbocycles. The molecule has 0 bridgehead atoms. The van der Waals surface area contributed by atoms with Crippen molar-refractivity contribution < 1.29 is 4.74 Å². The van der Waals surface area contributed by atoms with E-state index in [1.54, 1.807) is 7.11 Å². The Hall–Kier alpha value is -0.930. The fourth-order valence-electron chi connectivity index (χ4n) is 1.53. The minimum atomic E-state index is 0.512. The van der Waals surface area contributed by atoms with Crippen LogP contribution in [0, 0.1) is 6.92 Å². The summed E-state index contributed by atoms with van der Waals surface area (Å²) in [6, 6.07) is 4.72. The van der Waals surface area contributed by atoms with Crippen LogP contribution in [0.25, 0.3) is 0 Å². The van der Waals surface area contributed by atoms with Crippen molar-refractivity contribution in [3.63, 3.8) is 0 Å². The van der Waals surface area contributed by atoms with Crippen LogP contribution in [0.15, 0.2) is 18.3 Å². The molecule has 1 heterocycles. The summed E-state index contributed by atoms with van der Waals surface area (Å²) in [4.78, 5) is 6.79. The molecule has 90 valence electrons. The number of hydrogen-bond acceptors (Lipinski definition) is 3. The molecule has 1 aromatic rings. The summed E-state index contributed by atoms with van der Waals surface area (Å²) in [6.45, 7) is 9.06. The SMILES string of the molecule is COCCN(Cc1ccc(C)cn1)C(C)C. The lowest BCUT2D eigenvalue weighted by atomic mass is 10.2. The van der Waals surface area contributed by atoms with Gasteiger partial charge in [0.05, 0.1) is 12.3 Å². The average Bonchev–Trinajstić information content (AvgIpc) is 2.26. The minimum Gasteiger partial charge on any atom is -0.383 e. The van der Waals surface area contributed by atoms with Crippen molar-refractivity contribution >= 4 is 0 Å². The number of hydrogen-bond donors (Lipinski definition) is 0. The van der Waals surface area contributed by atoms with E-state index in [-0.39, 0.29) is 0 Å². The molecule has 0 unspecified atom stereocenters. The van der Waals surface area contributed by atoms with Gasteiger partial charge < -0.3 is 4.74 Å². The molecule has 0 aliphatic carbocycles. The van der Waals surface area contributed by atoms with Crippen molar-refractivity contribution in [1.29, 1.82) is 0 Å². The maximum atomic E-state index is 5.12. The molecule has 1 aromatic heterocycles. The van der Waals surface area contributed by atoms with Crippen molar-refractivity contribution in [2.24, 2.45) is 0 Å². The van der Waals surface area contributed by atoms with Crippen LogP contribution in [-0.4, -0.2) is 36.2 Å². The molecule has 1 rings (SSSR count). The van der Waals surface area contributed by atoms with Gasteiger partial charge in [-0.25, -0.2) is 0 Å². The Morgan fingerprint density at radius 3 is 2.62 bits per heavy atom. The predicted molar refractivity (Wildman–Crippen MR) is 66.4 cm³/mol. The maximum Gasteiger partial charge on any atom is 0.0589 e. The van der Waals surface area contributed by atoms with Crippen LogP contribution in [0.1, 0.15) is 25.1 Å². The standard InChI is InChI=1S/C13H22N2O/c1-11(2)15(7-8-16-4)10-13-6-5-12(3)9-14-13/h5-6,9,11H,7-8,10H2,1-4H3. The van der Waals surface area contributed by atoms with Gasteiger partial charge in [0.15, 0.2) is 0 Å². The third-order valence-electron chi connectivity index (χ3n) is 2.65. The molecule has 0 saturated heterocycles. The predicted octanol–water partition coefficient (Wildman–Crippen LogP) is 2.25. The molecule has 0 N–H and O–H groups in total. The van der Waals surface area contributed by atoms with Crippen LogP contribution in [0.2, 0.25) is 0 Å². The highest BCUT2D eigenvalue weighted by atomic mass is 16.5. The third-order valence-corrected chi connectivity index (χ3v) is 2.65. The Bertz CT molecular complexity index is 295. The molecular weight excluding hydrogens is 200 g/mol. The van der Waals surface area contributed by atoms with Crippen molar-refractivity contribution in [3.05, 3.63) is 29.6 Å². The Kier molecular flexibility index (Phi) is 5.43. The summed E-state index contributed by atoms with van der Waals surface area (Å²) in [5, 5.41) is 0. The van der Waals surface area contributed by atoms with Crippen molar-refractivity contribution in [1.82, 2.24) is 9.88 Å². The first kappa shape index (κ1) is 13.1. The second kappa shape index (κ2) is 6.61. The highest BCUT2D eigenvalue weighted by Crippen LogP contribution is 2.06. The van der Waals surface area contributed by atoms with Gasteiger partial charge >= 0.3 is 0 Å². The van der Waals surface area contributed by atoms with E-state index < -0.39 is 0 Å². The van der Waals surface area contributed by atoms with Crippen LogP contribution in [0.4, 0.5) is 0 Å². The fourth-order valence-corrected chi connectivity index (χ4v) is 1.53. The first-order valence-corrected chi connectivity index (χ1v) is 5.78. The maximum absolute atomic E-state index is 5.12. The molecule has 0 radical (unpaired) electrons. The lowest BCUT2D eigenvalue weighted by Crippen LogP contribution is -2.33. The van der Waals surface area contributed by atoms with Crippen molar-refractivity contribution in [3.8, 4) is 0 Å². The van der Waals surface area contributed by atoms with Gasteiger partial charge in [0.25, 0.3) is 0 Å². The molecule has 16 heavy (non-hydrogen) atoms. The van der Waals surface area contributed by atoms with Gasteiger partial charge in [-0.1, -0.05) is 6.07 Å². The zero-order chi connectivity index (χ0) is 12.0. The Balaban J connectivity index is 2.57. The zero-order valence-electron chi connectivity index (χ0n) is 10.7. The lowest BCUT2D eigenvalue weighted by Gasteiger charge is -2.25. The summed E-state index contributed by atoms with van der Waals surface area (Å²) in [6.07, 6.45) is 1.92. The Morgan fingerprint density at radius 2 is 2.12 bits per heavy atom. The van der Waals surface area contributed by atoms with E-state index in [4.69, 9.17) is 4.74 Å². The van der Waals surface area contributed by atoms with E-state index >= 15 is 0 Å². The van der Waals surface area contributed by atoms with Crippen LogP contribution >= 0.6 is 0 Å². The van der Waals surface area contributed by atoms with Gasteiger partial charge in [-0.3, -0.25) is 9.88 Å². The van der Waals surface area contributed by atoms with Gasteiger partial charge in [-0.15, -0.1) is 0 Å². The fraction of sp³-hybridized carbons (Fsp3) is 0.615. The highest BCUT2D eigenvalue weighted by molar-refractivity contribution is 5.12. The molecule has 3 heteroatoms.